The molecule has 0 atom stereocenters. The summed E-state index contributed by atoms with van der Waals surface area (Å²) in [6.45, 7) is 2.09. The molecule has 4 rings (SSSR count). The number of nitrogens with one attached hydrogen (secondary N) is 1. The highest BCUT2D eigenvalue weighted by Gasteiger charge is 2.27. The van der Waals surface area contributed by atoms with Gasteiger partial charge in [-0.2, -0.15) is 5.10 Å². The second-order valence-corrected chi connectivity index (χ2v) is 10.4. The van der Waals surface area contributed by atoms with Crippen LogP contribution in [0.1, 0.15) is 18.1 Å². The van der Waals surface area contributed by atoms with Crippen LogP contribution >= 0.6 is 0 Å². The van der Waals surface area contributed by atoms with Crippen LogP contribution in [-0.4, -0.2) is 33.7 Å². The highest BCUT2D eigenvalue weighted by Crippen LogP contribution is 2.29. The average molecular weight is 562 g/mol. The fourth-order valence-corrected chi connectivity index (χ4v) is 5.16. The number of carbonyl (C=O) groups is 1. The Morgan fingerprint density at radius 2 is 1.57 bits per heavy atom. The van der Waals surface area contributed by atoms with E-state index in [9.17, 15) is 17.6 Å². The Bertz CT molecular complexity index is 1550. The first-order valence-corrected chi connectivity index (χ1v) is 13.9. The van der Waals surface area contributed by atoms with E-state index in [1.807, 2.05) is 37.3 Å². The van der Waals surface area contributed by atoms with Crippen molar-refractivity contribution in [1.82, 2.24) is 5.43 Å². The minimum Gasteiger partial charge on any atom is -0.490 e. The number of hydrogen-bond donors (Lipinski definition) is 1. The van der Waals surface area contributed by atoms with Gasteiger partial charge in [-0.3, -0.25) is 9.10 Å². The van der Waals surface area contributed by atoms with E-state index in [0.717, 1.165) is 22.0 Å². The normalized spacial score (nSPS) is 11.2. The van der Waals surface area contributed by atoms with Gasteiger partial charge in [-0.1, -0.05) is 48.5 Å². The average Bonchev–Trinajstić information content (AvgIpc) is 2.97. The van der Waals surface area contributed by atoms with Crippen LogP contribution in [0, 0.1) is 5.82 Å². The summed E-state index contributed by atoms with van der Waals surface area (Å²) >= 11 is 0. The summed E-state index contributed by atoms with van der Waals surface area (Å²) in [6.07, 6.45) is 1.41. The van der Waals surface area contributed by atoms with Crippen LogP contribution in [0.2, 0.25) is 0 Å². The summed E-state index contributed by atoms with van der Waals surface area (Å²) in [7, 11) is -4.11. The molecule has 0 unspecified atom stereocenters. The molecule has 0 aromatic heterocycles. The van der Waals surface area contributed by atoms with E-state index >= 15 is 0 Å². The first kappa shape index (κ1) is 28.3. The summed E-state index contributed by atoms with van der Waals surface area (Å²) in [5, 5.41) is 3.98. The van der Waals surface area contributed by atoms with Gasteiger partial charge in [-0.05, 0) is 72.6 Å². The van der Waals surface area contributed by atoms with Gasteiger partial charge in [0.2, 0.25) is 0 Å². The first-order valence-electron chi connectivity index (χ1n) is 12.5. The van der Waals surface area contributed by atoms with E-state index in [0.29, 0.717) is 30.3 Å². The largest absolute Gasteiger partial charge is 0.490 e. The fraction of sp³-hybridized carbons (Fsp3) is 0.133. The number of nitrogens with zero attached hydrogens (tertiary/aromatic N) is 2. The maximum absolute atomic E-state index is 13.5. The minimum absolute atomic E-state index is 0.00588. The summed E-state index contributed by atoms with van der Waals surface area (Å²) in [5.41, 5.74) is 4.14. The highest BCUT2D eigenvalue weighted by molar-refractivity contribution is 7.92. The number of hydrogen-bond acceptors (Lipinski definition) is 6. The fourth-order valence-electron chi connectivity index (χ4n) is 3.71. The number of hydrazone groups is 1. The van der Waals surface area contributed by atoms with Crippen LogP contribution in [0.15, 0.2) is 113 Å². The van der Waals surface area contributed by atoms with Gasteiger partial charge in [0.05, 0.1) is 23.4 Å². The van der Waals surface area contributed by atoms with E-state index in [1.54, 1.807) is 36.4 Å². The SMILES string of the molecule is CCOc1cc(/C=N\NC(=O)CN(c2ccc(F)cc2)S(=O)(=O)c2ccccc2)ccc1OCc1ccccc1. The Labute approximate surface area is 232 Å². The van der Waals surface area contributed by atoms with Gasteiger partial charge < -0.3 is 9.47 Å². The second-order valence-electron chi connectivity index (χ2n) is 8.51. The molecule has 10 heteroatoms. The van der Waals surface area contributed by atoms with Crippen molar-refractivity contribution in [2.45, 2.75) is 18.4 Å². The van der Waals surface area contributed by atoms with Crippen LogP contribution in [0.25, 0.3) is 0 Å². The van der Waals surface area contributed by atoms with Gasteiger partial charge in [0, 0.05) is 0 Å². The van der Waals surface area contributed by atoms with Crippen LogP contribution in [0.4, 0.5) is 10.1 Å². The van der Waals surface area contributed by atoms with E-state index < -0.39 is 28.3 Å². The van der Waals surface area contributed by atoms with E-state index in [4.69, 9.17) is 9.47 Å². The maximum Gasteiger partial charge on any atom is 0.264 e. The summed E-state index contributed by atoms with van der Waals surface area (Å²) in [5.74, 6) is -0.135. The third-order valence-electron chi connectivity index (χ3n) is 5.64. The highest BCUT2D eigenvalue weighted by atomic mass is 32.2. The summed E-state index contributed by atoms with van der Waals surface area (Å²) in [6, 6.07) is 27.5. The Balaban J connectivity index is 1.46. The van der Waals surface area contributed by atoms with E-state index in [-0.39, 0.29) is 10.6 Å². The van der Waals surface area contributed by atoms with Gasteiger partial charge in [0.25, 0.3) is 15.9 Å². The van der Waals surface area contributed by atoms with Gasteiger partial charge in [-0.25, -0.2) is 18.2 Å². The molecule has 8 nitrogen and oxygen atoms in total. The monoisotopic (exact) mass is 561 g/mol. The Morgan fingerprint density at radius 3 is 2.25 bits per heavy atom. The Kier molecular flexibility index (Phi) is 9.48. The molecule has 4 aromatic rings. The van der Waals surface area contributed by atoms with Crippen molar-refractivity contribution in [2.75, 3.05) is 17.5 Å². The number of amides is 1. The van der Waals surface area contributed by atoms with Gasteiger partial charge in [0.15, 0.2) is 11.5 Å². The lowest BCUT2D eigenvalue weighted by atomic mass is 10.2. The molecule has 0 saturated heterocycles. The van der Waals surface area contributed by atoms with Crippen molar-refractivity contribution in [3.63, 3.8) is 0 Å². The summed E-state index contributed by atoms with van der Waals surface area (Å²) in [4.78, 5) is 12.7. The Hall–Kier alpha value is -4.70. The molecular weight excluding hydrogens is 533 g/mol. The zero-order chi connectivity index (χ0) is 28.4. The van der Waals surface area contributed by atoms with Crippen molar-refractivity contribution < 1.29 is 27.1 Å². The predicted molar refractivity (Wildman–Crippen MR) is 151 cm³/mol. The molecule has 0 heterocycles. The molecule has 40 heavy (non-hydrogen) atoms. The molecule has 0 aliphatic heterocycles. The van der Waals surface area contributed by atoms with Crippen molar-refractivity contribution >= 4 is 27.8 Å². The zero-order valence-corrected chi connectivity index (χ0v) is 22.6. The van der Waals surface area contributed by atoms with Crippen LogP contribution in [0.5, 0.6) is 11.5 Å². The van der Waals surface area contributed by atoms with Crippen molar-refractivity contribution in [2.24, 2.45) is 5.10 Å². The lowest BCUT2D eigenvalue weighted by Gasteiger charge is -2.23. The third-order valence-corrected chi connectivity index (χ3v) is 7.43. The number of carbonyl (C=O) groups excluding carboxylic acids is 1. The van der Waals surface area contributed by atoms with Crippen LogP contribution < -0.4 is 19.2 Å². The zero-order valence-electron chi connectivity index (χ0n) is 21.7. The van der Waals surface area contributed by atoms with Crippen molar-refractivity contribution in [3.05, 3.63) is 120 Å². The first-order chi connectivity index (χ1) is 19.4. The molecule has 4 aromatic carbocycles. The van der Waals surface area contributed by atoms with Crippen LogP contribution in [-0.2, 0) is 21.4 Å². The number of ether oxygens (including phenoxy) is 2. The topological polar surface area (TPSA) is 97.3 Å². The number of halogens is 1. The molecule has 0 aliphatic carbocycles. The number of sulfonamides is 1. The molecule has 206 valence electrons. The molecule has 0 saturated carbocycles. The van der Waals surface area contributed by atoms with Crippen molar-refractivity contribution in [3.8, 4) is 11.5 Å². The molecule has 1 N–H and O–H groups in total. The van der Waals surface area contributed by atoms with Crippen molar-refractivity contribution in [1.29, 1.82) is 0 Å². The quantitative estimate of drug-likeness (QED) is 0.191. The number of anilines is 1. The standard InChI is InChI=1S/C30H28FN3O5S/c1-2-38-29-19-24(13-18-28(29)39-22-23-9-5-3-6-10-23)20-32-33-30(35)21-34(26-16-14-25(31)15-17-26)40(36,37)27-11-7-4-8-12-27/h3-20H,2,21-22H2,1H3,(H,33,35)/b32-20-. The lowest BCUT2D eigenvalue weighted by molar-refractivity contribution is -0.119. The van der Waals surface area contributed by atoms with Gasteiger partial charge in [-0.15, -0.1) is 0 Å². The lowest BCUT2D eigenvalue weighted by Crippen LogP contribution is -2.39. The molecule has 1 amide bonds. The second kappa shape index (κ2) is 13.4. The molecule has 0 bridgehead atoms. The molecule has 0 radical (unpaired) electrons. The smallest absolute Gasteiger partial charge is 0.264 e. The summed E-state index contributed by atoms with van der Waals surface area (Å²) < 4.78 is 52.6. The minimum atomic E-state index is -4.11. The van der Waals surface area contributed by atoms with Gasteiger partial charge in [0.1, 0.15) is 19.0 Å². The van der Waals surface area contributed by atoms with E-state index in [2.05, 4.69) is 10.5 Å². The third kappa shape index (κ3) is 7.45. The molecule has 0 spiro atoms. The molecule has 0 aliphatic rings. The predicted octanol–water partition coefficient (Wildman–Crippen LogP) is 5.15. The molecular formula is C30H28FN3O5S. The Morgan fingerprint density at radius 1 is 0.900 bits per heavy atom. The molecule has 0 fully saturated rings. The number of rotatable bonds is 12. The van der Waals surface area contributed by atoms with E-state index in [1.165, 1.54) is 30.5 Å². The van der Waals surface area contributed by atoms with Gasteiger partial charge >= 0.3 is 0 Å². The maximum atomic E-state index is 13.5. The van der Waals surface area contributed by atoms with Crippen LogP contribution in [0.3, 0.4) is 0 Å². The number of benzene rings is 4.